The van der Waals surface area contributed by atoms with Crippen LogP contribution in [0.5, 0.6) is 0 Å². The molecule has 1 atom stereocenters. The largest absolute Gasteiger partial charge is 0.248 e. The van der Waals surface area contributed by atoms with Crippen LogP contribution in [-0.2, 0) is 0 Å². The van der Waals surface area contributed by atoms with E-state index in [-0.39, 0.29) is 5.41 Å². The molecule has 1 heteroatoms. The van der Waals surface area contributed by atoms with Crippen molar-refractivity contribution in [3.05, 3.63) is 0 Å². The molecule has 0 saturated carbocycles. The van der Waals surface area contributed by atoms with Crippen molar-refractivity contribution in [1.29, 1.82) is 0 Å². The minimum atomic E-state index is -0.642. The van der Waals surface area contributed by atoms with Crippen molar-refractivity contribution in [2.45, 2.75) is 66.0 Å². The molecule has 0 aromatic heterocycles. The number of rotatable bonds is 6. The second-order valence-electron chi connectivity index (χ2n) is 3.94. The minimum Gasteiger partial charge on any atom is -0.248 e. The highest BCUT2D eigenvalue weighted by Gasteiger charge is 2.26. The Labute approximate surface area is 76.6 Å². The summed E-state index contributed by atoms with van der Waals surface area (Å²) in [5, 5.41) is 0. The van der Waals surface area contributed by atoms with Crippen molar-refractivity contribution >= 4 is 0 Å². The molecule has 12 heavy (non-hydrogen) atoms. The van der Waals surface area contributed by atoms with Gasteiger partial charge in [0.1, 0.15) is 0 Å². The van der Waals surface area contributed by atoms with Gasteiger partial charge in [-0.05, 0) is 25.2 Å². The Morgan fingerprint density at radius 3 is 1.92 bits per heavy atom. The second kappa shape index (κ2) is 5.55. The Morgan fingerprint density at radius 1 is 1.17 bits per heavy atom. The summed E-state index contributed by atoms with van der Waals surface area (Å²) in [6.07, 6.45) is 4.68. The lowest BCUT2D eigenvalue weighted by atomic mass is 9.74. The Morgan fingerprint density at radius 2 is 1.67 bits per heavy atom. The van der Waals surface area contributed by atoms with Crippen molar-refractivity contribution < 1.29 is 4.39 Å². The molecule has 0 rings (SSSR count). The van der Waals surface area contributed by atoms with Crippen LogP contribution in [0.3, 0.4) is 0 Å². The standard InChI is InChI=1S/C11H23F/c1-5-8-11(6-2,7-3)9-10(4)12/h10H,5-9H2,1-4H3. The van der Waals surface area contributed by atoms with Crippen LogP contribution in [0.25, 0.3) is 0 Å². The van der Waals surface area contributed by atoms with E-state index in [9.17, 15) is 4.39 Å². The molecule has 0 aromatic rings. The fourth-order valence-electron chi connectivity index (χ4n) is 2.12. The molecule has 0 aromatic carbocycles. The van der Waals surface area contributed by atoms with Crippen molar-refractivity contribution in [1.82, 2.24) is 0 Å². The van der Waals surface area contributed by atoms with Gasteiger partial charge in [-0.2, -0.15) is 0 Å². The van der Waals surface area contributed by atoms with E-state index in [0.717, 1.165) is 19.3 Å². The molecule has 0 amide bonds. The molecule has 0 fully saturated rings. The molecular formula is C11H23F. The van der Waals surface area contributed by atoms with E-state index in [2.05, 4.69) is 20.8 Å². The lowest BCUT2D eigenvalue weighted by molar-refractivity contribution is 0.155. The summed E-state index contributed by atoms with van der Waals surface area (Å²) in [7, 11) is 0. The van der Waals surface area contributed by atoms with E-state index in [1.807, 2.05) is 0 Å². The van der Waals surface area contributed by atoms with Gasteiger partial charge in [0.15, 0.2) is 0 Å². The fraction of sp³-hybridized carbons (Fsp3) is 1.00. The SMILES string of the molecule is CCCC(CC)(CC)CC(C)F. The van der Waals surface area contributed by atoms with Crippen LogP contribution in [0.4, 0.5) is 4.39 Å². The summed E-state index contributed by atoms with van der Waals surface area (Å²) in [6.45, 7) is 8.22. The second-order valence-corrected chi connectivity index (χ2v) is 3.94. The maximum absolute atomic E-state index is 12.9. The summed E-state index contributed by atoms with van der Waals surface area (Å²) in [4.78, 5) is 0. The van der Waals surface area contributed by atoms with Crippen LogP contribution < -0.4 is 0 Å². The third-order valence-corrected chi connectivity index (χ3v) is 2.99. The molecule has 0 spiro atoms. The first-order valence-corrected chi connectivity index (χ1v) is 5.24. The molecule has 0 aliphatic rings. The summed E-state index contributed by atoms with van der Waals surface area (Å²) in [5.41, 5.74) is 0.281. The Kier molecular flexibility index (Phi) is 5.52. The van der Waals surface area contributed by atoms with E-state index >= 15 is 0 Å². The molecule has 74 valence electrons. The first kappa shape index (κ1) is 11.9. The monoisotopic (exact) mass is 174 g/mol. The Balaban J connectivity index is 4.13. The average Bonchev–Trinajstić information content (AvgIpc) is 2.03. The third-order valence-electron chi connectivity index (χ3n) is 2.99. The predicted octanol–water partition coefficient (Wildman–Crippen LogP) is 4.34. The highest BCUT2D eigenvalue weighted by molar-refractivity contribution is 4.78. The van der Waals surface area contributed by atoms with Gasteiger partial charge < -0.3 is 0 Å². The zero-order chi connectivity index (χ0) is 9.61. The van der Waals surface area contributed by atoms with E-state index in [0.29, 0.717) is 0 Å². The third kappa shape index (κ3) is 3.55. The molecule has 0 saturated heterocycles. The van der Waals surface area contributed by atoms with Crippen LogP contribution in [0.1, 0.15) is 59.8 Å². The molecule has 0 aliphatic heterocycles. The Bertz CT molecular complexity index is 104. The number of halogens is 1. The van der Waals surface area contributed by atoms with Crippen LogP contribution in [0, 0.1) is 5.41 Å². The van der Waals surface area contributed by atoms with Gasteiger partial charge in [0.25, 0.3) is 0 Å². The van der Waals surface area contributed by atoms with E-state index < -0.39 is 6.17 Å². The average molecular weight is 174 g/mol. The smallest absolute Gasteiger partial charge is 0.0978 e. The topological polar surface area (TPSA) is 0 Å². The highest BCUT2D eigenvalue weighted by Crippen LogP contribution is 2.37. The van der Waals surface area contributed by atoms with E-state index in [4.69, 9.17) is 0 Å². The van der Waals surface area contributed by atoms with Crippen LogP contribution >= 0.6 is 0 Å². The van der Waals surface area contributed by atoms with Crippen molar-refractivity contribution in [3.8, 4) is 0 Å². The first-order valence-electron chi connectivity index (χ1n) is 5.24. The quantitative estimate of drug-likeness (QED) is 0.562. The minimum absolute atomic E-state index is 0.281. The molecule has 0 nitrogen and oxygen atoms in total. The van der Waals surface area contributed by atoms with E-state index in [1.54, 1.807) is 6.92 Å². The van der Waals surface area contributed by atoms with Crippen LogP contribution in [-0.4, -0.2) is 6.17 Å². The van der Waals surface area contributed by atoms with Gasteiger partial charge in [0, 0.05) is 0 Å². The molecule has 0 aliphatic carbocycles. The number of hydrogen-bond donors (Lipinski definition) is 0. The summed E-state index contributed by atoms with van der Waals surface area (Å²) >= 11 is 0. The predicted molar refractivity (Wildman–Crippen MR) is 53.1 cm³/mol. The van der Waals surface area contributed by atoms with Gasteiger partial charge >= 0.3 is 0 Å². The normalized spacial score (nSPS) is 14.8. The number of alkyl halides is 1. The van der Waals surface area contributed by atoms with Crippen LogP contribution in [0.15, 0.2) is 0 Å². The first-order chi connectivity index (χ1) is 5.60. The summed E-state index contributed by atoms with van der Waals surface area (Å²) in [6, 6.07) is 0. The molecule has 0 N–H and O–H groups in total. The number of hydrogen-bond acceptors (Lipinski definition) is 0. The van der Waals surface area contributed by atoms with Crippen molar-refractivity contribution in [2.24, 2.45) is 5.41 Å². The van der Waals surface area contributed by atoms with Crippen LogP contribution in [0.2, 0.25) is 0 Å². The molecule has 1 unspecified atom stereocenters. The van der Waals surface area contributed by atoms with Gasteiger partial charge in [-0.25, -0.2) is 4.39 Å². The molecule has 0 heterocycles. The lowest BCUT2D eigenvalue weighted by Gasteiger charge is -2.32. The fourth-order valence-corrected chi connectivity index (χ4v) is 2.12. The highest BCUT2D eigenvalue weighted by atomic mass is 19.1. The maximum Gasteiger partial charge on any atom is 0.0978 e. The van der Waals surface area contributed by atoms with Gasteiger partial charge in [-0.15, -0.1) is 0 Å². The van der Waals surface area contributed by atoms with Gasteiger partial charge in [-0.1, -0.05) is 40.0 Å². The van der Waals surface area contributed by atoms with Crippen molar-refractivity contribution in [2.75, 3.05) is 0 Å². The van der Waals surface area contributed by atoms with Gasteiger partial charge in [0.2, 0.25) is 0 Å². The lowest BCUT2D eigenvalue weighted by Crippen LogP contribution is -2.22. The zero-order valence-electron chi connectivity index (χ0n) is 8.99. The molecular weight excluding hydrogens is 151 g/mol. The Hall–Kier alpha value is -0.0700. The summed E-state index contributed by atoms with van der Waals surface area (Å²) in [5.74, 6) is 0. The van der Waals surface area contributed by atoms with Gasteiger partial charge in [-0.3, -0.25) is 0 Å². The van der Waals surface area contributed by atoms with Gasteiger partial charge in [0.05, 0.1) is 6.17 Å². The molecule has 0 radical (unpaired) electrons. The summed E-state index contributed by atoms with van der Waals surface area (Å²) < 4.78 is 12.9. The van der Waals surface area contributed by atoms with Crippen molar-refractivity contribution in [3.63, 3.8) is 0 Å². The molecule has 0 bridgehead atoms. The zero-order valence-corrected chi connectivity index (χ0v) is 8.99. The van der Waals surface area contributed by atoms with E-state index in [1.165, 1.54) is 12.8 Å². The maximum atomic E-state index is 12.9.